The molecule has 0 unspecified atom stereocenters. The summed E-state index contributed by atoms with van der Waals surface area (Å²) in [4.78, 5) is 26.1. The Kier molecular flexibility index (Phi) is 7.00. The van der Waals surface area contributed by atoms with Crippen molar-refractivity contribution in [3.8, 4) is 0 Å². The topological polar surface area (TPSA) is 61.4 Å². The van der Waals surface area contributed by atoms with E-state index in [0.29, 0.717) is 0 Å². The van der Waals surface area contributed by atoms with Crippen molar-refractivity contribution in [2.75, 3.05) is 18.4 Å². The molecule has 0 radical (unpaired) electrons. The molecule has 1 aromatic carbocycles. The lowest BCUT2D eigenvalue weighted by Crippen LogP contribution is -2.46. The van der Waals surface area contributed by atoms with Crippen LogP contribution in [0.5, 0.6) is 0 Å². The maximum atomic E-state index is 12.4. The zero-order valence-corrected chi connectivity index (χ0v) is 15.8. The number of hydrogen-bond donors (Lipinski definition) is 2. The van der Waals surface area contributed by atoms with Crippen LogP contribution < -0.4 is 10.6 Å². The summed E-state index contributed by atoms with van der Waals surface area (Å²) >= 11 is 0. The van der Waals surface area contributed by atoms with Crippen LogP contribution in [0.2, 0.25) is 0 Å². The van der Waals surface area contributed by atoms with Crippen LogP contribution in [0.1, 0.15) is 46.1 Å². The maximum absolute atomic E-state index is 12.4. The third kappa shape index (κ3) is 6.16. The first kappa shape index (κ1) is 19.4. The minimum absolute atomic E-state index is 0.0321. The number of likely N-dealkylation sites (tertiary alicyclic amines) is 1. The lowest BCUT2D eigenvalue weighted by molar-refractivity contribution is -0.126. The summed E-state index contributed by atoms with van der Waals surface area (Å²) in [6.45, 7) is 10.9. The quantitative estimate of drug-likeness (QED) is 0.833. The fourth-order valence-corrected chi connectivity index (χ4v) is 3.15. The molecule has 0 aromatic heterocycles. The van der Waals surface area contributed by atoms with Gasteiger partial charge in [0.25, 0.3) is 0 Å². The van der Waals surface area contributed by atoms with Crippen LogP contribution in [0.15, 0.2) is 24.3 Å². The van der Waals surface area contributed by atoms with E-state index in [-0.39, 0.29) is 17.7 Å². The highest BCUT2D eigenvalue weighted by Gasteiger charge is 2.23. The van der Waals surface area contributed by atoms with E-state index in [1.54, 1.807) is 0 Å². The number of nitrogens with zero attached hydrogens (tertiary/aromatic N) is 1. The molecule has 0 aliphatic carbocycles. The monoisotopic (exact) mass is 345 g/mol. The minimum atomic E-state index is -0.521. The van der Waals surface area contributed by atoms with Crippen molar-refractivity contribution in [2.24, 2.45) is 11.8 Å². The van der Waals surface area contributed by atoms with Gasteiger partial charge in [-0.05, 0) is 55.5 Å². The molecule has 1 fully saturated rings. The Morgan fingerprint density at radius 3 is 2.28 bits per heavy atom. The fraction of sp³-hybridized carbons (Fsp3) is 0.600. The number of hydrogen-bond acceptors (Lipinski definition) is 3. The van der Waals surface area contributed by atoms with E-state index in [1.165, 1.54) is 25.3 Å². The van der Waals surface area contributed by atoms with E-state index in [1.807, 2.05) is 26.0 Å². The highest BCUT2D eigenvalue weighted by molar-refractivity contribution is 5.97. The van der Waals surface area contributed by atoms with Gasteiger partial charge in [0.05, 0.1) is 0 Å². The number of nitrogens with one attached hydrogen (secondary N) is 2. The van der Waals surface area contributed by atoms with Crippen LogP contribution >= 0.6 is 0 Å². The average molecular weight is 345 g/mol. The van der Waals surface area contributed by atoms with Crippen molar-refractivity contribution in [3.63, 3.8) is 0 Å². The van der Waals surface area contributed by atoms with Gasteiger partial charge in [0.2, 0.25) is 11.8 Å². The molecule has 2 amide bonds. The molecule has 25 heavy (non-hydrogen) atoms. The first-order valence-corrected chi connectivity index (χ1v) is 9.24. The Labute approximate surface area is 151 Å². The predicted molar refractivity (Wildman–Crippen MR) is 101 cm³/mol. The van der Waals surface area contributed by atoms with Crippen molar-refractivity contribution in [2.45, 2.75) is 53.1 Å². The summed E-state index contributed by atoms with van der Waals surface area (Å²) in [5.74, 6) is 0.499. The van der Waals surface area contributed by atoms with E-state index in [4.69, 9.17) is 0 Å². The number of amides is 2. The summed E-state index contributed by atoms with van der Waals surface area (Å²) < 4.78 is 0. The highest BCUT2D eigenvalue weighted by atomic mass is 16.2. The first-order chi connectivity index (χ1) is 11.8. The van der Waals surface area contributed by atoms with Crippen LogP contribution in [-0.2, 0) is 16.1 Å². The molecule has 0 bridgehead atoms. The van der Waals surface area contributed by atoms with Crippen molar-refractivity contribution in [1.82, 2.24) is 10.2 Å². The molecule has 138 valence electrons. The number of carbonyl (C=O) groups is 2. The molecule has 5 heteroatoms. The molecular formula is C20H31N3O2. The molecule has 1 saturated heterocycles. The first-order valence-electron chi connectivity index (χ1n) is 9.24. The average Bonchev–Trinajstić information content (AvgIpc) is 2.56. The zero-order valence-electron chi connectivity index (χ0n) is 15.8. The van der Waals surface area contributed by atoms with Crippen LogP contribution in [0.3, 0.4) is 0 Å². The number of benzene rings is 1. The van der Waals surface area contributed by atoms with Gasteiger partial charge < -0.3 is 10.6 Å². The van der Waals surface area contributed by atoms with Gasteiger partial charge in [-0.25, -0.2) is 0 Å². The summed E-state index contributed by atoms with van der Waals surface area (Å²) in [6, 6.07) is 7.48. The van der Waals surface area contributed by atoms with Crippen LogP contribution in [-0.4, -0.2) is 35.8 Å². The number of piperidine rings is 1. The van der Waals surface area contributed by atoms with E-state index < -0.39 is 6.04 Å². The summed E-state index contributed by atoms with van der Waals surface area (Å²) in [5, 5.41) is 5.61. The Morgan fingerprint density at radius 2 is 1.76 bits per heavy atom. The molecule has 1 aliphatic rings. The van der Waals surface area contributed by atoms with E-state index in [9.17, 15) is 9.59 Å². The third-order valence-electron chi connectivity index (χ3n) is 4.81. The van der Waals surface area contributed by atoms with Gasteiger partial charge in [0, 0.05) is 19.2 Å². The van der Waals surface area contributed by atoms with Crippen molar-refractivity contribution >= 4 is 17.5 Å². The molecule has 5 nitrogen and oxygen atoms in total. The molecule has 1 aromatic rings. The van der Waals surface area contributed by atoms with Gasteiger partial charge in [-0.3, -0.25) is 14.5 Å². The lowest BCUT2D eigenvalue weighted by Gasteiger charge is -2.30. The van der Waals surface area contributed by atoms with Gasteiger partial charge in [-0.1, -0.05) is 32.9 Å². The zero-order chi connectivity index (χ0) is 18.4. The minimum Gasteiger partial charge on any atom is -0.344 e. The van der Waals surface area contributed by atoms with Gasteiger partial charge >= 0.3 is 0 Å². The van der Waals surface area contributed by atoms with Crippen molar-refractivity contribution in [3.05, 3.63) is 29.8 Å². The molecule has 0 saturated carbocycles. The molecule has 1 atom stereocenters. The third-order valence-corrected chi connectivity index (χ3v) is 4.81. The second-order valence-electron chi connectivity index (χ2n) is 7.57. The smallest absolute Gasteiger partial charge is 0.247 e. The molecule has 2 rings (SSSR count). The van der Waals surface area contributed by atoms with Crippen LogP contribution in [0, 0.1) is 11.8 Å². The molecule has 0 spiro atoms. The summed E-state index contributed by atoms with van der Waals surface area (Å²) in [5.41, 5.74) is 2.02. The number of anilines is 1. The fourth-order valence-electron chi connectivity index (χ4n) is 3.15. The molecular weight excluding hydrogens is 314 g/mol. The summed E-state index contributed by atoms with van der Waals surface area (Å²) in [6.07, 6.45) is 2.54. The Hall–Kier alpha value is -1.88. The highest BCUT2D eigenvalue weighted by Crippen LogP contribution is 2.19. The number of rotatable bonds is 6. The van der Waals surface area contributed by atoms with Crippen LogP contribution in [0.25, 0.3) is 0 Å². The maximum Gasteiger partial charge on any atom is 0.247 e. The lowest BCUT2D eigenvalue weighted by atomic mass is 9.99. The van der Waals surface area contributed by atoms with Gasteiger partial charge in [0.1, 0.15) is 6.04 Å². The van der Waals surface area contributed by atoms with Gasteiger partial charge in [-0.2, -0.15) is 0 Å². The summed E-state index contributed by atoms with van der Waals surface area (Å²) in [7, 11) is 0. The SMILES string of the molecule is CC(=O)N[C@@H](C(=O)Nc1ccc(CN2CCC(C)CC2)cc1)C(C)C. The Morgan fingerprint density at radius 1 is 1.16 bits per heavy atom. The Balaban J connectivity index is 1.90. The normalized spacial score (nSPS) is 17.3. The van der Waals surface area contributed by atoms with Crippen molar-refractivity contribution in [1.29, 1.82) is 0 Å². The van der Waals surface area contributed by atoms with Gasteiger partial charge in [-0.15, -0.1) is 0 Å². The van der Waals surface area contributed by atoms with Gasteiger partial charge in [0.15, 0.2) is 0 Å². The molecule has 2 N–H and O–H groups in total. The Bertz CT molecular complexity index is 575. The predicted octanol–water partition coefficient (Wildman–Crippen LogP) is 3.02. The standard InChI is InChI=1S/C20H31N3O2/c1-14(2)19(21-16(4)24)20(25)22-18-7-5-17(6-8-18)13-23-11-9-15(3)10-12-23/h5-8,14-15,19H,9-13H2,1-4H3,(H,21,24)(H,22,25)/t19-/m1/s1. The van der Waals surface area contributed by atoms with E-state index in [0.717, 1.165) is 31.2 Å². The molecule has 1 aliphatic heterocycles. The second kappa shape index (κ2) is 8.99. The van der Waals surface area contributed by atoms with Crippen LogP contribution in [0.4, 0.5) is 5.69 Å². The largest absolute Gasteiger partial charge is 0.344 e. The second-order valence-corrected chi connectivity index (χ2v) is 7.57. The molecule has 1 heterocycles. The number of carbonyl (C=O) groups excluding carboxylic acids is 2. The van der Waals surface area contributed by atoms with Crippen molar-refractivity contribution < 1.29 is 9.59 Å². The van der Waals surface area contributed by atoms with E-state index in [2.05, 4.69) is 34.6 Å². The van der Waals surface area contributed by atoms with E-state index >= 15 is 0 Å².